The SMILES string of the molecule is COc1ccc(C=C2CCC(=C(SC)SC)C2=O)cc1. The van der Waals surface area contributed by atoms with Crippen molar-refractivity contribution in [3.8, 4) is 5.75 Å². The minimum Gasteiger partial charge on any atom is -0.497 e. The zero-order valence-corrected chi connectivity index (χ0v) is 13.6. The number of ketones is 1. The van der Waals surface area contributed by atoms with Gasteiger partial charge in [0.15, 0.2) is 5.78 Å². The summed E-state index contributed by atoms with van der Waals surface area (Å²) in [4.78, 5) is 12.4. The maximum atomic E-state index is 12.4. The van der Waals surface area contributed by atoms with Crippen LogP contribution < -0.4 is 4.74 Å². The Labute approximate surface area is 128 Å². The number of benzene rings is 1. The van der Waals surface area contributed by atoms with E-state index in [4.69, 9.17) is 4.74 Å². The van der Waals surface area contributed by atoms with E-state index in [1.807, 2.05) is 42.9 Å². The van der Waals surface area contributed by atoms with Crippen molar-refractivity contribution < 1.29 is 9.53 Å². The molecule has 1 saturated carbocycles. The Morgan fingerprint density at radius 3 is 2.35 bits per heavy atom. The van der Waals surface area contributed by atoms with E-state index in [9.17, 15) is 4.79 Å². The Bertz CT molecular complexity index is 550. The number of allylic oxidation sites excluding steroid dienone is 2. The van der Waals surface area contributed by atoms with Crippen LogP contribution in [0.4, 0.5) is 0 Å². The quantitative estimate of drug-likeness (QED) is 0.771. The summed E-state index contributed by atoms with van der Waals surface area (Å²) < 4.78 is 6.28. The van der Waals surface area contributed by atoms with Gasteiger partial charge in [0.25, 0.3) is 0 Å². The highest BCUT2D eigenvalue weighted by Crippen LogP contribution is 2.37. The van der Waals surface area contributed by atoms with Crippen LogP contribution in [0, 0.1) is 0 Å². The van der Waals surface area contributed by atoms with Crippen molar-refractivity contribution in [3.63, 3.8) is 0 Å². The maximum absolute atomic E-state index is 12.4. The predicted molar refractivity (Wildman–Crippen MR) is 89.3 cm³/mol. The fraction of sp³-hybridized carbons (Fsp3) is 0.312. The molecule has 2 rings (SSSR count). The molecule has 1 fully saturated rings. The molecule has 20 heavy (non-hydrogen) atoms. The van der Waals surface area contributed by atoms with Crippen molar-refractivity contribution in [3.05, 3.63) is 45.2 Å². The van der Waals surface area contributed by atoms with Crippen LogP contribution >= 0.6 is 23.5 Å². The van der Waals surface area contributed by atoms with E-state index < -0.39 is 0 Å². The molecule has 0 spiro atoms. The van der Waals surface area contributed by atoms with Gasteiger partial charge in [-0.25, -0.2) is 0 Å². The molecule has 4 heteroatoms. The lowest BCUT2D eigenvalue weighted by Crippen LogP contribution is -1.97. The van der Waals surface area contributed by atoms with Crippen LogP contribution in [0.15, 0.2) is 39.6 Å². The summed E-state index contributed by atoms with van der Waals surface area (Å²) in [6.07, 6.45) is 7.74. The Morgan fingerprint density at radius 2 is 1.80 bits per heavy atom. The lowest BCUT2D eigenvalue weighted by Gasteiger charge is -2.03. The molecule has 1 aliphatic rings. The van der Waals surface area contributed by atoms with E-state index in [0.717, 1.165) is 39.5 Å². The van der Waals surface area contributed by atoms with Gasteiger partial charge in [0.2, 0.25) is 0 Å². The number of carbonyl (C=O) groups excluding carboxylic acids is 1. The molecule has 1 aliphatic carbocycles. The van der Waals surface area contributed by atoms with Gasteiger partial charge in [-0.1, -0.05) is 12.1 Å². The Morgan fingerprint density at radius 1 is 1.15 bits per heavy atom. The zero-order chi connectivity index (χ0) is 14.5. The molecule has 0 radical (unpaired) electrons. The van der Waals surface area contributed by atoms with Crippen molar-refractivity contribution in [2.24, 2.45) is 0 Å². The monoisotopic (exact) mass is 306 g/mol. The van der Waals surface area contributed by atoms with Gasteiger partial charge in [-0.15, -0.1) is 23.5 Å². The number of hydrogen-bond donors (Lipinski definition) is 0. The maximum Gasteiger partial charge on any atom is 0.186 e. The average Bonchev–Trinajstić information content (AvgIpc) is 2.83. The first kappa shape index (κ1) is 15.3. The molecule has 0 bridgehead atoms. The van der Waals surface area contributed by atoms with Crippen LogP contribution in [-0.4, -0.2) is 25.4 Å². The Balaban J connectivity index is 2.24. The molecule has 0 unspecified atom stereocenters. The second-order valence-corrected chi connectivity index (χ2v) is 6.34. The highest BCUT2D eigenvalue weighted by atomic mass is 32.2. The van der Waals surface area contributed by atoms with Crippen molar-refractivity contribution in [1.82, 2.24) is 0 Å². The van der Waals surface area contributed by atoms with Crippen LogP contribution in [0.25, 0.3) is 6.08 Å². The molecular formula is C16H18O2S2. The number of ether oxygens (including phenoxy) is 1. The van der Waals surface area contributed by atoms with Crippen LogP contribution in [-0.2, 0) is 4.79 Å². The Hall–Kier alpha value is -1.13. The number of methoxy groups -OCH3 is 1. The van der Waals surface area contributed by atoms with Gasteiger partial charge in [0.05, 0.1) is 7.11 Å². The van der Waals surface area contributed by atoms with Crippen LogP contribution in [0.5, 0.6) is 5.75 Å². The Kier molecular flexibility index (Phi) is 5.38. The van der Waals surface area contributed by atoms with Crippen molar-refractivity contribution in [2.45, 2.75) is 12.8 Å². The third-order valence-corrected chi connectivity index (χ3v) is 5.52. The number of Topliss-reactive ketones (excluding diaryl/α,β-unsaturated/α-hetero) is 1. The standard InChI is InChI=1S/C16H18O2S2/c1-18-13-7-4-11(5-8-13)10-12-6-9-14(15(12)17)16(19-2)20-3/h4-5,7-8,10H,6,9H2,1-3H3. The van der Waals surface area contributed by atoms with Gasteiger partial charge in [-0.3, -0.25) is 4.79 Å². The third kappa shape index (κ3) is 3.30. The minimum atomic E-state index is 0.208. The molecule has 0 aliphatic heterocycles. The molecule has 0 amide bonds. The van der Waals surface area contributed by atoms with Gasteiger partial charge < -0.3 is 4.74 Å². The topological polar surface area (TPSA) is 26.3 Å². The molecular weight excluding hydrogens is 288 g/mol. The lowest BCUT2D eigenvalue weighted by molar-refractivity contribution is -0.111. The number of rotatable bonds is 4. The van der Waals surface area contributed by atoms with Gasteiger partial charge in [0, 0.05) is 15.4 Å². The fourth-order valence-corrected chi connectivity index (χ4v) is 3.79. The van der Waals surface area contributed by atoms with Crippen LogP contribution in [0.1, 0.15) is 18.4 Å². The molecule has 2 nitrogen and oxygen atoms in total. The summed E-state index contributed by atoms with van der Waals surface area (Å²) >= 11 is 3.32. The zero-order valence-electron chi connectivity index (χ0n) is 11.9. The van der Waals surface area contributed by atoms with E-state index in [1.165, 1.54) is 0 Å². The van der Waals surface area contributed by atoms with Gasteiger partial charge in [-0.05, 0) is 49.1 Å². The second-order valence-electron chi connectivity index (χ2n) is 4.45. The molecule has 0 heterocycles. The van der Waals surface area contributed by atoms with E-state index in [0.29, 0.717) is 0 Å². The highest BCUT2D eigenvalue weighted by molar-refractivity contribution is 8.21. The third-order valence-electron chi connectivity index (χ3n) is 3.28. The van der Waals surface area contributed by atoms with Crippen molar-refractivity contribution in [1.29, 1.82) is 0 Å². The first-order chi connectivity index (χ1) is 9.69. The first-order valence-electron chi connectivity index (χ1n) is 6.40. The van der Waals surface area contributed by atoms with Gasteiger partial charge >= 0.3 is 0 Å². The number of hydrogen-bond acceptors (Lipinski definition) is 4. The fourth-order valence-electron chi connectivity index (χ4n) is 2.24. The van der Waals surface area contributed by atoms with Crippen LogP contribution in [0.3, 0.4) is 0 Å². The summed E-state index contributed by atoms with van der Waals surface area (Å²) in [5.74, 6) is 1.04. The summed E-state index contributed by atoms with van der Waals surface area (Å²) in [5.41, 5.74) is 2.93. The summed E-state index contributed by atoms with van der Waals surface area (Å²) in [7, 11) is 1.65. The summed E-state index contributed by atoms with van der Waals surface area (Å²) in [6, 6.07) is 7.78. The smallest absolute Gasteiger partial charge is 0.186 e. The minimum absolute atomic E-state index is 0.208. The summed E-state index contributed by atoms with van der Waals surface area (Å²) in [6.45, 7) is 0. The molecule has 106 valence electrons. The number of thioether (sulfide) groups is 2. The van der Waals surface area contributed by atoms with E-state index in [2.05, 4.69) is 0 Å². The normalized spacial score (nSPS) is 16.9. The molecule has 0 aromatic heterocycles. The van der Waals surface area contributed by atoms with Gasteiger partial charge in [0.1, 0.15) is 5.75 Å². The van der Waals surface area contributed by atoms with Gasteiger partial charge in [-0.2, -0.15) is 0 Å². The average molecular weight is 306 g/mol. The highest BCUT2D eigenvalue weighted by Gasteiger charge is 2.25. The number of carbonyl (C=O) groups is 1. The largest absolute Gasteiger partial charge is 0.497 e. The molecule has 0 N–H and O–H groups in total. The molecule has 0 atom stereocenters. The van der Waals surface area contributed by atoms with Crippen molar-refractivity contribution in [2.75, 3.05) is 19.6 Å². The molecule has 0 saturated heterocycles. The molecule has 1 aromatic carbocycles. The second kappa shape index (κ2) is 7.04. The predicted octanol–water partition coefficient (Wildman–Crippen LogP) is 4.38. The summed E-state index contributed by atoms with van der Waals surface area (Å²) in [5, 5.41) is 0. The van der Waals surface area contributed by atoms with E-state index >= 15 is 0 Å². The van der Waals surface area contributed by atoms with E-state index in [1.54, 1.807) is 30.6 Å². The van der Waals surface area contributed by atoms with Crippen LogP contribution in [0.2, 0.25) is 0 Å². The van der Waals surface area contributed by atoms with Crippen molar-refractivity contribution >= 4 is 35.4 Å². The lowest BCUT2D eigenvalue weighted by atomic mass is 10.1. The molecule has 1 aromatic rings. The van der Waals surface area contributed by atoms with E-state index in [-0.39, 0.29) is 5.78 Å². The first-order valence-corrected chi connectivity index (χ1v) is 8.85.